The molecule has 4 nitrogen and oxygen atoms in total. The van der Waals surface area contributed by atoms with Gasteiger partial charge < -0.3 is 9.31 Å². The topological polar surface area (TPSA) is 36.3 Å². The highest BCUT2D eigenvalue weighted by molar-refractivity contribution is 6.62. The van der Waals surface area contributed by atoms with Gasteiger partial charge in [0.15, 0.2) is 0 Å². The molecule has 1 aromatic heterocycles. The molecule has 0 spiro atoms. The van der Waals surface area contributed by atoms with E-state index in [-0.39, 0.29) is 11.2 Å². The minimum atomic E-state index is -0.401. The van der Waals surface area contributed by atoms with E-state index in [1.807, 2.05) is 24.3 Å². The van der Waals surface area contributed by atoms with Crippen molar-refractivity contribution in [2.45, 2.75) is 38.9 Å². The number of rotatable bonds is 3. The summed E-state index contributed by atoms with van der Waals surface area (Å²) in [6, 6.07) is 26.9. The maximum atomic E-state index is 6.25. The number of fused-ring (bicyclic) bond motifs is 1. The third-order valence-corrected chi connectivity index (χ3v) is 6.25. The summed E-state index contributed by atoms with van der Waals surface area (Å²) in [6.45, 7) is 8.29. The van der Waals surface area contributed by atoms with Crippen LogP contribution in [0.4, 0.5) is 0 Å². The highest BCUT2D eigenvalue weighted by atomic mass is 16.7. The van der Waals surface area contributed by atoms with Crippen LogP contribution in [0.3, 0.4) is 0 Å². The van der Waals surface area contributed by atoms with Gasteiger partial charge in [-0.3, -0.25) is 4.57 Å². The van der Waals surface area contributed by atoms with Crippen LogP contribution in [0.2, 0.25) is 0 Å². The second-order valence-electron chi connectivity index (χ2n) is 8.81. The van der Waals surface area contributed by atoms with Crippen LogP contribution in [-0.4, -0.2) is 27.9 Å². The van der Waals surface area contributed by atoms with Crippen LogP contribution in [0.5, 0.6) is 0 Å². The molecule has 0 aliphatic carbocycles. The first-order valence-electron chi connectivity index (χ1n) is 10.3. The first kappa shape index (κ1) is 19.1. The maximum absolute atomic E-state index is 6.25. The monoisotopic (exact) mass is 396 g/mol. The third-order valence-electron chi connectivity index (χ3n) is 6.25. The Hall–Kier alpha value is -2.89. The summed E-state index contributed by atoms with van der Waals surface area (Å²) in [5.74, 6) is 0.919. The van der Waals surface area contributed by atoms with Crippen LogP contribution in [-0.2, 0) is 9.31 Å². The van der Waals surface area contributed by atoms with Gasteiger partial charge in [0, 0.05) is 11.3 Å². The molecule has 0 saturated carbocycles. The quantitative estimate of drug-likeness (QED) is 0.458. The Balaban J connectivity index is 1.66. The normalized spacial score (nSPS) is 17.5. The van der Waals surface area contributed by atoms with Crippen molar-refractivity contribution in [3.05, 3.63) is 78.9 Å². The summed E-state index contributed by atoms with van der Waals surface area (Å²) in [5, 5.41) is 0. The fraction of sp³-hybridized carbons (Fsp3) is 0.240. The van der Waals surface area contributed by atoms with Gasteiger partial charge in [0.05, 0.1) is 22.2 Å². The second-order valence-corrected chi connectivity index (χ2v) is 8.81. The summed E-state index contributed by atoms with van der Waals surface area (Å²) >= 11 is 0. The van der Waals surface area contributed by atoms with Crippen molar-refractivity contribution < 1.29 is 9.31 Å². The van der Waals surface area contributed by atoms with Gasteiger partial charge >= 0.3 is 7.12 Å². The molecule has 1 fully saturated rings. The zero-order valence-electron chi connectivity index (χ0n) is 17.8. The number of aromatic nitrogens is 2. The van der Waals surface area contributed by atoms with Crippen LogP contribution < -0.4 is 5.46 Å². The Morgan fingerprint density at radius 3 is 2.00 bits per heavy atom. The Morgan fingerprint density at radius 2 is 1.37 bits per heavy atom. The molecular weight excluding hydrogens is 371 g/mol. The van der Waals surface area contributed by atoms with Crippen LogP contribution in [0, 0.1) is 0 Å². The summed E-state index contributed by atoms with van der Waals surface area (Å²) < 4.78 is 14.7. The molecule has 0 atom stereocenters. The van der Waals surface area contributed by atoms with E-state index in [1.165, 1.54) is 0 Å². The Labute approximate surface area is 177 Å². The molecule has 1 saturated heterocycles. The predicted molar refractivity (Wildman–Crippen MR) is 122 cm³/mol. The van der Waals surface area contributed by atoms with Crippen molar-refractivity contribution in [1.82, 2.24) is 9.55 Å². The summed E-state index contributed by atoms with van der Waals surface area (Å²) in [5.41, 5.74) is 4.39. The minimum absolute atomic E-state index is 0.370. The molecule has 1 aliphatic heterocycles. The fourth-order valence-corrected chi connectivity index (χ4v) is 3.84. The van der Waals surface area contributed by atoms with Gasteiger partial charge in [0.25, 0.3) is 0 Å². The van der Waals surface area contributed by atoms with E-state index < -0.39 is 7.12 Å². The molecule has 30 heavy (non-hydrogen) atoms. The highest BCUT2D eigenvalue weighted by Crippen LogP contribution is 2.37. The van der Waals surface area contributed by atoms with Crippen LogP contribution in [0.15, 0.2) is 78.9 Å². The number of imidazole rings is 1. The molecule has 5 rings (SSSR count). The molecule has 0 N–H and O–H groups in total. The van der Waals surface area contributed by atoms with Gasteiger partial charge in [-0.15, -0.1) is 0 Å². The lowest BCUT2D eigenvalue weighted by Gasteiger charge is -2.32. The predicted octanol–water partition coefficient (Wildman–Crippen LogP) is 4.99. The van der Waals surface area contributed by atoms with E-state index >= 15 is 0 Å². The lowest BCUT2D eigenvalue weighted by Crippen LogP contribution is -2.41. The largest absolute Gasteiger partial charge is 0.494 e. The molecule has 150 valence electrons. The van der Waals surface area contributed by atoms with Crippen molar-refractivity contribution in [1.29, 1.82) is 0 Å². The van der Waals surface area contributed by atoms with E-state index in [0.717, 1.165) is 33.6 Å². The van der Waals surface area contributed by atoms with Crippen molar-refractivity contribution in [3.63, 3.8) is 0 Å². The molecule has 0 unspecified atom stereocenters. The van der Waals surface area contributed by atoms with Gasteiger partial charge in [-0.2, -0.15) is 0 Å². The number of para-hydroxylation sites is 1. The van der Waals surface area contributed by atoms with Crippen LogP contribution in [0.1, 0.15) is 27.7 Å². The average molecular weight is 396 g/mol. The molecule has 3 aromatic carbocycles. The van der Waals surface area contributed by atoms with E-state index in [1.54, 1.807) is 0 Å². The van der Waals surface area contributed by atoms with E-state index in [9.17, 15) is 0 Å². The molecule has 5 heteroatoms. The van der Waals surface area contributed by atoms with Crippen molar-refractivity contribution in [2.24, 2.45) is 0 Å². The van der Waals surface area contributed by atoms with Crippen molar-refractivity contribution in [3.8, 4) is 17.1 Å². The van der Waals surface area contributed by atoms with Gasteiger partial charge in [-0.05, 0) is 57.4 Å². The lowest BCUT2D eigenvalue weighted by molar-refractivity contribution is 0.00578. The molecular formula is C25H25BN2O2. The highest BCUT2D eigenvalue weighted by Gasteiger charge is 2.51. The standard InChI is InChI=1S/C25H25BN2O2/c1-24(2)25(3,4)30-26(29-24)19-15-16-22-21(17-19)27-23(18-11-7-5-8-12-18)28(22)20-13-9-6-10-14-20/h5-17H,1-4H3. The Morgan fingerprint density at radius 1 is 0.767 bits per heavy atom. The smallest absolute Gasteiger partial charge is 0.399 e. The van der Waals surface area contributed by atoms with Crippen LogP contribution in [0.25, 0.3) is 28.1 Å². The first-order valence-corrected chi connectivity index (χ1v) is 10.3. The lowest BCUT2D eigenvalue weighted by atomic mass is 9.79. The van der Waals surface area contributed by atoms with Crippen molar-refractivity contribution >= 4 is 23.6 Å². The molecule has 1 aliphatic rings. The summed E-state index contributed by atoms with van der Waals surface area (Å²) in [7, 11) is -0.401. The molecule has 0 amide bonds. The maximum Gasteiger partial charge on any atom is 0.494 e. The zero-order chi connectivity index (χ0) is 20.9. The molecule has 0 bridgehead atoms. The number of hydrogen-bond acceptors (Lipinski definition) is 3. The first-order chi connectivity index (χ1) is 14.4. The van der Waals surface area contributed by atoms with E-state index in [0.29, 0.717) is 0 Å². The van der Waals surface area contributed by atoms with Gasteiger partial charge in [0.2, 0.25) is 0 Å². The van der Waals surface area contributed by atoms with Gasteiger partial charge in [-0.1, -0.05) is 54.6 Å². The Bertz CT molecular complexity index is 1180. The number of hydrogen-bond donors (Lipinski definition) is 0. The molecule has 2 heterocycles. The van der Waals surface area contributed by atoms with E-state index in [2.05, 4.69) is 86.9 Å². The number of benzene rings is 3. The van der Waals surface area contributed by atoms with Gasteiger partial charge in [0.1, 0.15) is 5.82 Å². The molecule has 0 radical (unpaired) electrons. The summed E-state index contributed by atoms with van der Waals surface area (Å²) in [6.07, 6.45) is 0. The van der Waals surface area contributed by atoms with E-state index in [4.69, 9.17) is 14.3 Å². The average Bonchev–Trinajstić information content (AvgIpc) is 3.22. The molecule has 4 aromatic rings. The van der Waals surface area contributed by atoms with Gasteiger partial charge in [-0.25, -0.2) is 4.98 Å². The SMILES string of the molecule is CC1(C)OB(c2ccc3c(c2)nc(-c2ccccc2)n3-c2ccccc2)OC1(C)C. The zero-order valence-corrected chi connectivity index (χ0v) is 17.8. The van der Waals surface area contributed by atoms with Crippen LogP contribution >= 0.6 is 0 Å². The van der Waals surface area contributed by atoms with Crippen molar-refractivity contribution in [2.75, 3.05) is 0 Å². The Kier molecular flexibility index (Phi) is 4.35. The second kappa shape index (κ2) is 6.83. The summed E-state index contributed by atoms with van der Waals surface area (Å²) in [4.78, 5) is 5.02. The minimum Gasteiger partial charge on any atom is -0.399 e. The third kappa shape index (κ3) is 3.06. The fourth-order valence-electron chi connectivity index (χ4n) is 3.84. The number of nitrogens with zero attached hydrogens (tertiary/aromatic N) is 2.